The van der Waals surface area contributed by atoms with Crippen LogP contribution in [0.15, 0.2) is 24.3 Å². The Bertz CT molecular complexity index is 1120. The second-order valence-electron chi connectivity index (χ2n) is 11.6. The van der Waals surface area contributed by atoms with E-state index in [1.165, 1.54) is 0 Å². The molecule has 10 nitrogen and oxygen atoms in total. The lowest BCUT2D eigenvalue weighted by Gasteiger charge is -2.59. The normalized spacial score (nSPS) is 22.1. The van der Waals surface area contributed by atoms with Crippen molar-refractivity contribution in [1.29, 1.82) is 0 Å². The van der Waals surface area contributed by atoms with Gasteiger partial charge in [-0.2, -0.15) is 0 Å². The van der Waals surface area contributed by atoms with Gasteiger partial charge < -0.3 is 19.8 Å². The fraction of sp³-hybridized carbons (Fsp3) is 0.607. The molecule has 0 unspecified atom stereocenters. The van der Waals surface area contributed by atoms with Crippen molar-refractivity contribution >= 4 is 17.7 Å². The van der Waals surface area contributed by atoms with E-state index in [1.54, 1.807) is 12.1 Å². The standard InChI is InChI=1S/C28H37NO9/c1-27(2,11-7-5-6-8-12-37-29(35)36)17-13-22(31)26(23(14-17)38-25(34)10-9-24(32)33)18-15-21(30)20-16-19(18)28(20,3)4/h9-10,13-14,18-20,31H,5-8,11-12,15-16H2,1-4H3,(H,32,33)/b10-9+/t18-,19+,20+/m1/s1. The number of benzene rings is 1. The fourth-order valence-electron chi connectivity index (χ4n) is 6.04. The van der Waals surface area contributed by atoms with Gasteiger partial charge in [0, 0.05) is 36.0 Å². The van der Waals surface area contributed by atoms with Crippen LogP contribution in [0.3, 0.4) is 0 Å². The summed E-state index contributed by atoms with van der Waals surface area (Å²) in [6.07, 6.45) is 6.27. The first-order valence-electron chi connectivity index (χ1n) is 13.0. The molecule has 2 bridgehead atoms. The number of esters is 1. The number of fused-ring (bicyclic) bond motifs is 2. The zero-order valence-corrected chi connectivity index (χ0v) is 22.4. The monoisotopic (exact) mass is 531 g/mol. The summed E-state index contributed by atoms with van der Waals surface area (Å²) in [5.41, 5.74) is 0.527. The van der Waals surface area contributed by atoms with Crippen LogP contribution in [0.5, 0.6) is 11.5 Å². The van der Waals surface area contributed by atoms with Crippen LogP contribution < -0.4 is 4.74 Å². The molecule has 0 saturated heterocycles. The smallest absolute Gasteiger partial charge is 0.336 e. The van der Waals surface area contributed by atoms with Gasteiger partial charge in [0.1, 0.15) is 17.3 Å². The van der Waals surface area contributed by atoms with Crippen LogP contribution >= 0.6 is 0 Å². The van der Waals surface area contributed by atoms with Gasteiger partial charge in [0.25, 0.3) is 5.09 Å². The number of Topliss-reactive ketones (excluding diaryl/α,β-unsaturated/α-hetero) is 1. The minimum Gasteiger partial charge on any atom is -0.508 e. The molecule has 3 atom stereocenters. The summed E-state index contributed by atoms with van der Waals surface area (Å²) in [4.78, 5) is 50.7. The Morgan fingerprint density at radius 3 is 2.47 bits per heavy atom. The Morgan fingerprint density at radius 2 is 1.87 bits per heavy atom. The molecular formula is C28H37NO9. The average Bonchev–Trinajstić information content (AvgIpc) is 2.80. The minimum absolute atomic E-state index is 0.000268. The Morgan fingerprint density at radius 1 is 1.18 bits per heavy atom. The van der Waals surface area contributed by atoms with Crippen molar-refractivity contribution in [2.45, 2.75) is 84.0 Å². The molecule has 0 aliphatic heterocycles. The highest BCUT2D eigenvalue weighted by Crippen LogP contribution is 2.64. The van der Waals surface area contributed by atoms with E-state index in [2.05, 4.69) is 18.7 Å². The van der Waals surface area contributed by atoms with Gasteiger partial charge in [0.2, 0.25) is 0 Å². The number of carbonyl (C=O) groups excluding carboxylic acids is 2. The number of carboxylic acid groups (broad SMARTS) is 1. The van der Waals surface area contributed by atoms with Crippen molar-refractivity contribution in [2.75, 3.05) is 6.61 Å². The molecule has 208 valence electrons. The number of phenols is 1. The summed E-state index contributed by atoms with van der Waals surface area (Å²) < 4.78 is 5.59. The molecule has 0 spiro atoms. The van der Waals surface area contributed by atoms with Crippen LogP contribution in [-0.4, -0.2) is 39.6 Å². The molecule has 1 aromatic carbocycles. The first kappa shape index (κ1) is 29.1. The molecule has 4 rings (SSSR count). The number of carboxylic acids is 1. The summed E-state index contributed by atoms with van der Waals surface area (Å²) in [6.45, 7) is 8.19. The highest BCUT2D eigenvalue weighted by atomic mass is 16.9. The maximum absolute atomic E-state index is 12.8. The Kier molecular flexibility index (Phi) is 8.84. The molecule has 2 N–H and O–H groups in total. The molecule has 0 amide bonds. The molecule has 1 aromatic rings. The number of aromatic hydroxyl groups is 1. The van der Waals surface area contributed by atoms with Gasteiger partial charge in [0.05, 0.1) is 6.61 Å². The van der Waals surface area contributed by atoms with E-state index >= 15 is 0 Å². The first-order chi connectivity index (χ1) is 17.7. The predicted molar refractivity (Wildman–Crippen MR) is 137 cm³/mol. The number of hydrogen-bond donors (Lipinski definition) is 2. The van der Waals surface area contributed by atoms with Gasteiger partial charge in [-0.25, -0.2) is 9.59 Å². The molecule has 3 saturated carbocycles. The van der Waals surface area contributed by atoms with Crippen LogP contribution in [0, 0.1) is 27.4 Å². The fourth-order valence-corrected chi connectivity index (χ4v) is 6.04. The first-order valence-corrected chi connectivity index (χ1v) is 13.0. The Hall–Kier alpha value is -3.43. The summed E-state index contributed by atoms with van der Waals surface area (Å²) in [7, 11) is 0. The van der Waals surface area contributed by atoms with E-state index in [9.17, 15) is 29.6 Å². The van der Waals surface area contributed by atoms with Crippen molar-refractivity contribution in [2.24, 2.45) is 17.3 Å². The largest absolute Gasteiger partial charge is 0.508 e. The van der Waals surface area contributed by atoms with E-state index in [4.69, 9.17) is 9.84 Å². The van der Waals surface area contributed by atoms with E-state index < -0.39 is 22.4 Å². The van der Waals surface area contributed by atoms with Crippen LogP contribution in [0.2, 0.25) is 0 Å². The van der Waals surface area contributed by atoms with E-state index in [0.29, 0.717) is 18.1 Å². The molecule has 38 heavy (non-hydrogen) atoms. The van der Waals surface area contributed by atoms with E-state index in [1.807, 2.05) is 13.8 Å². The van der Waals surface area contributed by atoms with Crippen LogP contribution in [0.25, 0.3) is 0 Å². The Balaban J connectivity index is 1.84. The summed E-state index contributed by atoms with van der Waals surface area (Å²) >= 11 is 0. The van der Waals surface area contributed by atoms with Crippen molar-refractivity contribution in [3.63, 3.8) is 0 Å². The maximum Gasteiger partial charge on any atom is 0.336 e. The lowest BCUT2D eigenvalue weighted by atomic mass is 9.44. The third-order valence-corrected chi connectivity index (χ3v) is 8.38. The lowest BCUT2D eigenvalue weighted by Crippen LogP contribution is -2.56. The summed E-state index contributed by atoms with van der Waals surface area (Å²) in [5.74, 6) is -2.11. The topological polar surface area (TPSA) is 153 Å². The van der Waals surface area contributed by atoms with Crippen molar-refractivity contribution < 1.29 is 39.3 Å². The summed E-state index contributed by atoms with van der Waals surface area (Å²) in [5, 5.41) is 29.6. The average molecular weight is 532 g/mol. The molecule has 3 aliphatic carbocycles. The number of aliphatic carboxylic acids is 1. The van der Waals surface area contributed by atoms with Gasteiger partial charge in [-0.15, -0.1) is 10.1 Å². The third-order valence-electron chi connectivity index (χ3n) is 8.38. The number of rotatable bonds is 13. The molecular weight excluding hydrogens is 494 g/mol. The zero-order valence-electron chi connectivity index (χ0n) is 22.4. The van der Waals surface area contributed by atoms with Gasteiger partial charge in [-0.05, 0) is 53.7 Å². The highest BCUT2D eigenvalue weighted by molar-refractivity contribution is 5.92. The number of phenolic OH excluding ortho intramolecular Hbond substituents is 1. The van der Waals surface area contributed by atoms with Gasteiger partial charge in [-0.3, -0.25) is 4.79 Å². The van der Waals surface area contributed by atoms with E-state index in [0.717, 1.165) is 43.7 Å². The summed E-state index contributed by atoms with van der Waals surface area (Å²) in [6, 6.07) is 3.39. The van der Waals surface area contributed by atoms with Crippen molar-refractivity contribution in [3.8, 4) is 11.5 Å². The number of ether oxygens (including phenoxy) is 1. The number of ketones is 1. The maximum atomic E-state index is 12.8. The number of nitrogens with zero attached hydrogens (tertiary/aromatic N) is 1. The van der Waals surface area contributed by atoms with Crippen molar-refractivity contribution in [3.05, 3.63) is 45.5 Å². The second-order valence-corrected chi connectivity index (χ2v) is 11.6. The SMILES string of the molecule is CC(C)(CCCCCCO[N+](=O)[O-])c1cc(O)c([C@@H]2CC(=O)[C@@H]3C[C@@H]2C3(C)C)c(OC(=O)/C=C/C(=O)O)c1. The van der Waals surface area contributed by atoms with Crippen LogP contribution in [0.4, 0.5) is 0 Å². The van der Waals surface area contributed by atoms with Gasteiger partial charge in [-0.1, -0.05) is 47.0 Å². The highest BCUT2D eigenvalue weighted by Gasteiger charge is 2.59. The number of hydrogen-bond acceptors (Lipinski definition) is 8. The molecule has 0 radical (unpaired) electrons. The number of unbranched alkanes of at least 4 members (excludes halogenated alkanes) is 3. The van der Waals surface area contributed by atoms with Gasteiger partial charge >= 0.3 is 11.9 Å². The second kappa shape index (κ2) is 11.5. The Labute approximate surface area is 222 Å². The molecule has 3 fully saturated rings. The predicted octanol–water partition coefficient (Wildman–Crippen LogP) is 5.09. The number of carbonyl (C=O) groups is 3. The quantitative estimate of drug-likeness (QED) is 0.0884. The lowest BCUT2D eigenvalue weighted by molar-refractivity contribution is -0.757. The van der Waals surface area contributed by atoms with Crippen molar-refractivity contribution in [1.82, 2.24) is 0 Å². The van der Waals surface area contributed by atoms with Crippen LogP contribution in [0.1, 0.15) is 89.7 Å². The zero-order chi connectivity index (χ0) is 28.3. The molecule has 3 aliphatic rings. The molecule has 0 aromatic heterocycles. The molecule has 10 heteroatoms. The van der Waals surface area contributed by atoms with Crippen LogP contribution in [-0.2, 0) is 24.6 Å². The van der Waals surface area contributed by atoms with E-state index in [-0.39, 0.29) is 53.5 Å². The third kappa shape index (κ3) is 6.52. The molecule has 0 heterocycles. The minimum atomic E-state index is -1.29. The van der Waals surface area contributed by atoms with Gasteiger partial charge in [0.15, 0.2) is 0 Å².